The molecule has 0 bridgehead atoms. The first-order valence-corrected chi connectivity index (χ1v) is 10.6. The molecule has 1 unspecified atom stereocenters. The highest BCUT2D eigenvalue weighted by Gasteiger charge is 2.52. The molecule has 1 saturated heterocycles. The number of hydrogen-bond acceptors (Lipinski definition) is 5. The zero-order valence-electron chi connectivity index (χ0n) is 18.5. The minimum absolute atomic E-state index is 0.156. The van der Waals surface area contributed by atoms with Crippen LogP contribution in [0.3, 0.4) is 0 Å². The number of urea groups is 1. The summed E-state index contributed by atoms with van der Waals surface area (Å²) in [5, 5.41) is 5.40. The van der Waals surface area contributed by atoms with E-state index in [1.54, 1.807) is 24.3 Å². The van der Waals surface area contributed by atoms with Crippen LogP contribution < -0.4 is 10.6 Å². The Hall–Kier alpha value is -3.75. The molecule has 1 fully saturated rings. The van der Waals surface area contributed by atoms with Crippen LogP contribution in [0.1, 0.15) is 47.7 Å². The zero-order valence-corrected chi connectivity index (χ0v) is 18.5. The molecule has 8 nitrogen and oxygen atoms in total. The maximum Gasteiger partial charge on any atom is 0.337 e. The van der Waals surface area contributed by atoms with Gasteiger partial charge in [0.05, 0.1) is 12.7 Å². The van der Waals surface area contributed by atoms with Gasteiger partial charge in [-0.25, -0.2) is 14.0 Å². The quantitative estimate of drug-likeness (QED) is 0.447. The molecule has 3 rings (SSSR count). The highest BCUT2D eigenvalue weighted by molar-refractivity contribution is 6.09. The Bertz CT molecular complexity index is 1040. The Morgan fingerprint density at radius 1 is 1.09 bits per heavy atom. The number of unbranched alkanes of at least 4 members (excludes halogenated alkanes) is 1. The predicted molar refractivity (Wildman–Crippen MR) is 117 cm³/mol. The molecular weight excluding hydrogens is 429 g/mol. The summed E-state index contributed by atoms with van der Waals surface area (Å²) in [4.78, 5) is 50.8. The van der Waals surface area contributed by atoms with Crippen LogP contribution in [0.5, 0.6) is 0 Å². The molecule has 0 aromatic heterocycles. The number of methoxy groups -OCH3 is 1. The lowest BCUT2D eigenvalue weighted by Gasteiger charge is -2.27. The molecule has 2 aromatic rings. The van der Waals surface area contributed by atoms with Crippen molar-refractivity contribution in [2.75, 3.05) is 13.7 Å². The molecule has 174 valence electrons. The molecule has 0 saturated carbocycles. The molecule has 33 heavy (non-hydrogen) atoms. The smallest absolute Gasteiger partial charge is 0.337 e. The molecule has 0 radical (unpaired) electrons. The predicted octanol–water partition coefficient (Wildman–Crippen LogP) is 2.87. The molecule has 2 N–H and O–H groups in total. The van der Waals surface area contributed by atoms with E-state index in [-0.39, 0.29) is 6.54 Å². The van der Waals surface area contributed by atoms with Gasteiger partial charge in [0.25, 0.3) is 5.91 Å². The Labute approximate surface area is 191 Å². The van der Waals surface area contributed by atoms with Crippen LogP contribution in [0.2, 0.25) is 0 Å². The average Bonchev–Trinajstić information content (AvgIpc) is 3.06. The Morgan fingerprint density at radius 3 is 2.36 bits per heavy atom. The molecule has 0 aliphatic carbocycles. The van der Waals surface area contributed by atoms with Gasteiger partial charge in [-0.1, -0.05) is 44.0 Å². The van der Waals surface area contributed by atoms with Gasteiger partial charge in [0.15, 0.2) is 0 Å². The molecule has 4 amide bonds. The van der Waals surface area contributed by atoms with E-state index in [9.17, 15) is 23.6 Å². The van der Waals surface area contributed by atoms with Gasteiger partial charge in [0, 0.05) is 6.54 Å². The van der Waals surface area contributed by atoms with Gasteiger partial charge in [-0.2, -0.15) is 0 Å². The van der Waals surface area contributed by atoms with E-state index in [0.717, 1.165) is 16.9 Å². The Kier molecular flexibility index (Phi) is 7.42. The lowest BCUT2D eigenvalue weighted by Crippen LogP contribution is -2.45. The highest BCUT2D eigenvalue weighted by atomic mass is 19.1. The number of carbonyl (C=O) groups excluding carboxylic acids is 4. The van der Waals surface area contributed by atoms with Gasteiger partial charge in [-0.3, -0.25) is 14.5 Å². The number of benzene rings is 2. The van der Waals surface area contributed by atoms with E-state index >= 15 is 0 Å². The molecule has 2 aromatic carbocycles. The second-order valence-corrected chi connectivity index (χ2v) is 7.80. The van der Waals surface area contributed by atoms with Crippen LogP contribution in [0.4, 0.5) is 9.18 Å². The molecule has 1 aliphatic rings. The van der Waals surface area contributed by atoms with E-state index in [1.807, 2.05) is 6.92 Å². The third-order valence-electron chi connectivity index (χ3n) is 5.58. The first kappa shape index (κ1) is 23.9. The molecule has 1 heterocycles. The van der Waals surface area contributed by atoms with Gasteiger partial charge < -0.3 is 15.4 Å². The van der Waals surface area contributed by atoms with Crippen LogP contribution in [0, 0.1) is 5.82 Å². The van der Waals surface area contributed by atoms with Crippen molar-refractivity contribution >= 4 is 23.8 Å². The summed E-state index contributed by atoms with van der Waals surface area (Å²) in [6.07, 6.45) is 1.79. The number of nitrogens with zero attached hydrogens (tertiary/aromatic N) is 1. The molecular formula is C24H26FN3O5. The van der Waals surface area contributed by atoms with Crippen LogP contribution in [-0.4, -0.2) is 42.4 Å². The topological polar surface area (TPSA) is 105 Å². The SMILES string of the molecule is CCCCC1(c2ccc(F)cc2)NC(=O)N(CC(=O)NCc2ccc(C(=O)OC)cc2)C1=O. The van der Waals surface area contributed by atoms with Crippen molar-refractivity contribution in [1.82, 2.24) is 15.5 Å². The highest BCUT2D eigenvalue weighted by Crippen LogP contribution is 2.34. The fourth-order valence-corrected chi connectivity index (χ4v) is 3.73. The van der Waals surface area contributed by atoms with E-state index in [0.29, 0.717) is 24.0 Å². The third-order valence-corrected chi connectivity index (χ3v) is 5.58. The van der Waals surface area contributed by atoms with Crippen molar-refractivity contribution in [2.45, 2.75) is 38.3 Å². The number of rotatable bonds is 9. The maximum atomic E-state index is 13.4. The fraction of sp³-hybridized carbons (Fsp3) is 0.333. The van der Waals surface area contributed by atoms with Crippen molar-refractivity contribution in [1.29, 1.82) is 0 Å². The summed E-state index contributed by atoms with van der Waals surface area (Å²) < 4.78 is 18.1. The number of ether oxygens (including phenoxy) is 1. The molecule has 1 atom stereocenters. The van der Waals surface area contributed by atoms with Crippen molar-refractivity contribution in [3.63, 3.8) is 0 Å². The maximum absolute atomic E-state index is 13.4. The number of imide groups is 1. The van der Waals surface area contributed by atoms with Crippen molar-refractivity contribution in [2.24, 2.45) is 0 Å². The molecule has 1 aliphatic heterocycles. The Balaban J connectivity index is 1.68. The number of nitrogens with one attached hydrogen (secondary N) is 2. The lowest BCUT2D eigenvalue weighted by atomic mass is 9.85. The third kappa shape index (κ3) is 5.19. The second kappa shape index (κ2) is 10.2. The van der Waals surface area contributed by atoms with E-state index < -0.39 is 41.7 Å². The minimum Gasteiger partial charge on any atom is -0.465 e. The lowest BCUT2D eigenvalue weighted by molar-refractivity contribution is -0.135. The number of halogens is 1. The summed E-state index contributed by atoms with van der Waals surface area (Å²) in [6, 6.07) is 11.3. The van der Waals surface area contributed by atoms with Crippen molar-refractivity contribution in [3.8, 4) is 0 Å². The summed E-state index contributed by atoms with van der Waals surface area (Å²) in [6.45, 7) is 1.67. The van der Waals surface area contributed by atoms with Crippen LogP contribution >= 0.6 is 0 Å². The fourth-order valence-electron chi connectivity index (χ4n) is 3.73. The van der Waals surface area contributed by atoms with Gasteiger partial charge in [0.1, 0.15) is 17.9 Å². The molecule has 0 spiro atoms. The second-order valence-electron chi connectivity index (χ2n) is 7.80. The van der Waals surface area contributed by atoms with Gasteiger partial charge >= 0.3 is 12.0 Å². The first-order chi connectivity index (χ1) is 15.8. The van der Waals surface area contributed by atoms with Crippen LogP contribution in [0.15, 0.2) is 48.5 Å². The van der Waals surface area contributed by atoms with Crippen LogP contribution in [0.25, 0.3) is 0 Å². The monoisotopic (exact) mass is 455 g/mol. The van der Waals surface area contributed by atoms with Crippen molar-refractivity contribution in [3.05, 3.63) is 71.0 Å². The summed E-state index contributed by atoms with van der Waals surface area (Å²) in [5.74, 6) is -1.96. The number of hydrogen-bond donors (Lipinski definition) is 2. The van der Waals surface area contributed by atoms with Gasteiger partial charge in [0.2, 0.25) is 5.91 Å². The number of amides is 4. The summed E-state index contributed by atoms with van der Waals surface area (Å²) in [7, 11) is 1.29. The zero-order chi connectivity index (χ0) is 24.0. The largest absolute Gasteiger partial charge is 0.465 e. The first-order valence-electron chi connectivity index (χ1n) is 10.6. The molecule has 9 heteroatoms. The standard InChI is InChI=1S/C24H26FN3O5/c1-3-4-13-24(18-9-11-19(25)12-10-18)22(31)28(23(32)27-24)15-20(29)26-14-16-5-7-17(8-6-16)21(30)33-2/h5-12H,3-4,13-15H2,1-2H3,(H,26,29)(H,27,32). The van der Waals surface area contributed by atoms with E-state index in [2.05, 4.69) is 15.4 Å². The van der Waals surface area contributed by atoms with E-state index in [1.165, 1.54) is 31.4 Å². The summed E-state index contributed by atoms with van der Waals surface area (Å²) >= 11 is 0. The normalized spacial score (nSPS) is 17.6. The summed E-state index contributed by atoms with van der Waals surface area (Å²) in [5.41, 5.74) is 0.266. The minimum atomic E-state index is -1.33. The van der Waals surface area contributed by atoms with Crippen molar-refractivity contribution < 1.29 is 28.3 Å². The van der Waals surface area contributed by atoms with Gasteiger partial charge in [-0.15, -0.1) is 0 Å². The van der Waals surface area contributed by atoms with Crippen LogP contribution in [-0.2, 0) is 26.4 Å². The Morgan fingerprint density at radius 2 is 1.76 bits per heavy atom. The average molecular weight is 455 g/mol. The van der Waals surface area contributed by atoms with E-state index in [4.69, 9.17) is 0 Å². The number of esters is 1. The van der Waals surface area contributed by atoms with Gasteiger partial charge in [-0.05, 0) is 41.8 Å². The number of carbonyl (C=O) groups is 4.